The summed E-state index contributed by atoms with van der Waals surface area (Å²) >= 11 is 0. The Kier molecular flexibility index (Phi) is 15.2. The largest absolute Gasteiger partial charge is 0.508 e. The first kappa shape index (κ1) is 28.4. The third-order valence-corrected chi connectivity index (χ3v) is 2.87. The second-order valence-electron chi connectivity index (χ2n) is 5.17. The molecular weight excluding hydrogens is 398 g/mol. The summed E-state index contributed by atoms with van der Waals surface area (Å²) in [7, 11) is 1.50. The second-order valence-corrected chi connectivity index (χ2v) is 5.17. The molecule has 0 amide bonds. The number of esters is 1. The zero-order valence-corrected chi connectivity index (χ0v) is 17.1. The Bertz CT molecular complexity index is 806. The molecule has 0 heterocycles. The van der Waals surface area contributed by atoms with Crippen molar-refractivity contribution in [3.05, 3.63) is 68.8 Å². The molecule has 0 bridgehead atoms. The van der Waals surface area contributed by atoms with Gasteiger partial charge < -0.3 is 20.4 Å². The van der Waals surface area contributed by atoms with Crippen LogP contribution in [0.2, 0.25) is 0 Å². The fourth-order valence-corrected chi connectivity index (χ4v) is 1.38. The number of ketones is 1. The van der Waals surface area contributed by atoms with Gasteiger partial charge in [-0.05, 0) is 38.2 Å². The summed E-state index contributed by atoms with van der Waals surface area (Å²) in [6.45, 7) is 4.70. The van der Waals surface area contributed by atoms with E-state index in [2.05, 4.69) is 10.5 Å². The number of hydrogen-bond acceptors (Lipinski definition) is 9. The van der Waals surface area contributed by atoms with E-state index >= 15 is 0 Å². The average Bonchev–Trinajstić information content (AvgIpc) is 2.70. The quantitative estimate of drug-likeness (QED) is 0.323. The number of nitro benzene ring substituents is 2. The predicted octanol–water partition coefficient (Wildman–Crippen LogP) is 3.38. The highest BCUT2D eigenvalue weighted by Gasteiger charge is 2.05. The van der Waals surface area contributed by atoms with Gasteiger partial charge in [-0.15, -0.1) is 0 Å². The van der Waals surface area contributed by atoms with E-state index < -0.39 is 15.8 Å². The van der Waals surface area contributed by atoms with Crippen molar-refractivity contribution >= 4 is 23.1 Å². The number of rotatable bonds is 4. The molecule has 2 aromatic carbocycles. The second kappa shape index (κ2) is 16.1. The molecule has 0 saturated heterocycles. The number of ether oxygens (including phenoxy) is 1. The maximum absolute atomic E-state index is 10.5. The number of benzene rings is 2. The van der Waals surface area contributed by atoms with Crippen LogP contribution in [-0.4, -0.2) is 33.8 Å². The molecule has 0 radical (unpaired) electrons. The number of non-ortho nitro benzene ring substituents is 2. The monoisotopic (exact) mass is 423 g/mol. The van der Waals surface area contributed by atoms with Crippen LogP contribution in [-0.2, 0) is 9.59 Å². The number of phenols is 1. The Balaban J connectivity index is 0. The Morgan fingerprint density at radius 1 is 0.900 bits per heavy atom. The van der Waals surface area contributed by atoms with E-state index in [-0.39, 0.29) is 22.9 Å². The number of phenolic OH excluding ortho intramolecular Hbond substituents is 1. The van der Waals surface area contributed by atoms with Crippen LogP contribution in [0.3, 0.4) is 0 Å². The normalized spacial score (nSPS) is 8.57. The number of hydrogen-bond donors (Lipinski definition) is 2. The van der Waals surface area contributed by atoms with Crippen molar-refractivity contribution in [2.45, 2.75) is 27.2 Å². The maximum Gasteiger partial charge on any atom is 0.308 e. The van der Waals surface area contributed by atoms with Crippen molar-refractivity contribution in [3.8, 4) is 11.5 Å². The molecule has 3 N–H and O–H groups in total. The lowest BCUT2D eigenvalue weighted by atomic mass is 10.3. The van der Waals surface area contributed by atoms with Gasteiger partial charge in [-0.25, -0.2) is 0 Å². The average molecular weight is 423 g/mol. The van der Waals surface area contributed by atoms with E-state index in [4.69, 9.17) is 5.11 Å². The van der Waals surface area contributed by atoms with Crippen LogP contribution < -0.4 is 10.5 Å². The van der Waals surface area contributed by atoms with Gasteiger partial charge in [-0.2, -0.15) is 0 Å². The number of nitro groups is 2. The van der Waals surface area contributed by atoms with E-state index in [1.165, 1.54) is 62.5 Å². The molecule has 0 unspecified atom stereocenters. The molecule has 0 aliphatic rings. The summed E-state index contributed by atoms with van der Waals surface area (Å²) in [5, 5.41) is 29.0. The molecule has 0 aromatic heterocycles. The molecule has 2 aromatic rings. The number of aromatic hydroxyl groups is 1. The Labute approximate surface area is 173 Å². The number of nitrogens with zero attached hydrogens (tertiary/aromatic N) is 2. The van der Waals surface area contributed by atoms with Crippen LogP contribution >= 0.6 is 0 Å². The first-order valence-corrected chi connectivity index (χ1v) is 8.50. The van der Waals surface area contributed by atoms with Crippen LogP contribution in [0.15, 0.2) is 48.5 Å². The highest BCUT2D eigenvalue weighted by atomic mass is 16.6. The van der Waals surface area contributed by atoms with Gasteiger partial charge in [0.25, 0.3) is 11.4 Å². The Hall–Kier alpha value is -3.86. The molecule has 30 heavy (non-hydrogen) atoms. The standard InChI is InChI=1S/C8H7NO4.C6H5NO3.C4H8O.CH5N/c1-6(10)13-8-4-2-7(3-5-8)9(11)12;8-6-3-1-5(2-4-6)7(9)10;1-3-4(2)5;1-2/h2-5H,1H3;1-4,8H;3H2,1-2H3;2H2,1H3. The predicted molar refractivity (Wildman–Crippen MR) is 110 cm³/mol. The molecular formula is C19H25N3O8. The van der Waals surface area contributed by atoms with E-state index in [1.807, 2.05) is 6.92 Å². The minimum Gasteiger partial charge on any atom is -0.508 e. The summed E-state index contributed by atoms with van der Waals surface area (Å²) in [5.74, 6) is 0.141. The van der Waals surface area contributed by atoms with Crippen molar-refractivity contribution in [1.82, 2.24) is 0 Å². The van der Waals surface area contributed by atoms with Gasteiger partial charge in [0.05, 0.1) is 9.85 Å². The molecule has 0 fully saturated rings. The van der Waals surface area contributed by atoms with Gasteiger partial charge in [-0.3, -0.25) is 25.0 Å². The first-order valence-electron chi connectivity index (χ1n) is 8.50. The molecule has 164 valence electrons. The molecule has 0 saturated carbocycles. The summed E-state index contributed by atoms with van der Waals surface area (Å²) in [5.41, 5.74) is 4.45. The van der Waals surface area contributed by atoms with Crippen LogP contribution in [0.25, 0.3) is 0 Å². The topological polar surface area (TPSA) is 176 Å². The SMILES string of the molecule is CC(=O)Oc1ccc([N+](=O)[O-])cc1.CCC(C)=O.CN.O=[N+]([O-])c1ccc(O)cc1. The van der Waals surface area contributed by atoms with Crippen molar-refractivity contribution in [3.63, 3.8) is 0 Å². The van der Waals surface area contributed by atoms with Gasteiger partial charge in [-0.1, -0.05) is 6.92 Å². The Morgan fingerprint density at radius 2 is 1.23 bits per heavy atom. The summed E-state index contributed by atoms with van der Waals surface area (Å²) in [4.78, 5) is 39.5. The van der Waals surface area contributed by atoms with E-state index in [0.717, 1.165) is 0 Å². The molecule has 0 aliphatic heterocycles. The minimum absolute atomic E-state index is 0.0159. The van der Waals surface area contributed by atoms with Crippen molar-refractivity contribution in [1.29, 1.82) is 0 Å². The van der Waals surface area contributed by atoms with Gasteiger partial charge in [0, 0.05) is 37.6 Å². The molecule has 11 nitrogen and oxygen atoms in total. The smallest absolute Gasteiger partial charge is 0.308 e. The maximum atomic E-state index is 10.5. The number of carbonyl (C=O) groups excluding carboxylic acids is 2. The lowest BCUT2D eigenvalue weighted by Crippen LogP contribution is -2.01. The van der Waals surface area contributed by atoms with Gasteiger partial charge in [0.2, 0.25) is 0 Å². The summed E-state index contributed by atoms with van der Waals surface area (Å²) < 4.78 is 4.69. The fraction of sp³-hybridized carbons (Fsp3) is 0.263. The molecule has 0 aliphatic carbocycles. The van der Waals surface area contributed by atoms with Crippen LogP contribution in [0.5, 0.6) is 11.5 Å². The lowest BCUT2D eigenvalue weighted by molar-refractivity contribution is -0.385. The van der Waals surface area contributed by atoms with Gasteiger partial charge in [0.15, 0.2) is 0 Å². The highest BCUT2D eigenvalue weighted by Crippen LogP contribution is 2.17. The zero-order valence-electron chi connectivity index (χ0n) is 17.1. The Morgan fingerprint density at radius 3 is 1.50 bits per heavy atom. The summed E-state index contributed by atoms with van der Waals surface area (Å²) in [6.07, 6.45) is 0.667. The van der Waals surface area contributed by atoms with E-state index in [1.54, 1.807) is 6.92 Å². The summed E-state index contributed by atoms with van der Waals surface area (Å²) in [6, 6.07) is 10.3. The lowest BCUT2D eigenvalue weighted by Gasteiger charge is -1.98. The van der Waals surface area contributed by atoms with Crippen molar-refractivity contribution in [2.24, 2.45) is 5.73 Å². The fourth-order valence-electron chi connectivity index (χ4n) is 1.38. The number of Topliss-reactive ketones (excluding diaryl/α,β-unsaturated/α-hetero) is 1. The number of carbonyl (C=O) groups is 2. The first-order chi connectivity index (χ1) is 14.1. The van der Waals surface area contributed by atoms with E-state index in [0.29, 0.717) is 12.2 Å². The van der Waals surface area contributed by atoms with Crippen LogP contribution in [0.1, 0.15) is 27.2 Å². The third-order valence-electron chi connectivity index (χ3n) is 2.87. The zero-order chi connectivity index (χ0) is 23.7. The highest BCUT2D eigenvalue weighted by molar-refractivity contribution is 5.74. The van der Waals surface area contributed by atoms with Crippen LogP contribution in [0, 0.1) is 20.2 Å². The molecule has 0 atom stereocenters. The van der Waals surface area contributed by atoms with Crippen molar-refractivity contribution in [2.75, 3.05) is 7.05 Å². The van der Waals surface area contributed by atoms with Gasteiger partial charge >= 0.3 is 5.97 Å². The van der Waals surface area contributed by atoms with E-state index in [9.17, 15) is 29.8 Å². The van der Waals surface area contributed by atoms with Crippen molar-refractivity contribution < 1.29 is 29.3 Å². The molecule has 11 heteroatoms. The molecule has 0 spiro atoms. The minimum atomic E-state index is -0.516. The number of nitrogens with two attached hydrogens (primary N) is 1. The van der Waals surface area contributed by atoms with Crippen LogP contribution in [0.4, 0.5) is 11.4 Å². The molecule has 2 rings (SSSR count). The third kappa shape index (κ3) is 14.2. The van der Waals surface area contributed by atoms with Gasteiger partial charge in [0.1, 0.15) is 17.3 Å².